The number of nitrogens with one attached hydrogen (secondary N) is 2. The number of sulfonamides is 1. The topological polar surface area (TPSA) is 98.7 Å². The van der Waals surface area contributed by atoms with E-state index < -0.39 is 22.0 Å². The average molecular weight is 313 g/mol. The van der Waals surface area contributed by atoms with Crippen LogP contribution in [0.3, 0.4) is 0 Å². The van der Waals surface area contributed by atoms with E-state index >= 15 is 0 Å². The van der Waals surface area contributed by atoms with Gasteiger partial charge in [-0.1, -0.05) is 6.92 Å². The summed E-state index contributed by atoms with van der Waals surface area (Å²) in [7, 11) is -3.48. The molecule has 1 saturated heterocycles. The van der Waals surface area contributed by atoms with E-state index in [9.17, 15) is 18.3 Å². The number of hydrogen-bond donors (Lipinski definition) is 3. The molecule has 7 nitrogen and oxygen atoms in total. The minimum Gasteiger partial charge on any atom is -0.480 e. The van der Waals surface area contributed by atoms with Crippen molar-refractivity contribution in [1.82, 2.24) is 10.0 Å². The van der Waals surface area contributed by atoms with Crippen LogP contribution in [0.1, 0.15) is 6.92 Å². The van der Waals surface area contributed by atoms with E-state index in [2.05, 4.69) is 10.0 Å². The summed E-state index contributed by atoms with van der Waals surface area (Å²) in [6.45, 7) is 3.66. The van der Waals surface area contributed by atoms with Crippen LogP contribution in [-0.2, 0) is 14.8 Å². The third-order valence-corrected chi connectivity index (χ3v) is 4.90. The molecule has 8 heteroatoms. The van der Waals surface area contributed by atoms with Crippen LogP contribution in [-0.4, -0.2) is 51.7 Å². The average Bonchev–Trinajstić information content (AvgIpc) is 2.47. The molecule has 1 fully saturated rings. The van der Waals surface area contributed by atoms with Gasteiger partial charge >= 0.3 is 5.97 Å². The quantitative estimate of drug-likeness (QED) is 0.699. The summed E-state index contributed by atoms with van der Waals surface area (Å²) in [5, 5.41) is 12.3. The van der Waals surface area contributed by atoms with Gasteiger partial charge < -0.3 is 15.3 Å². The summed E-state index contributed by atoms with van der Waals surface area (Å²) in [5.41, 5.74) is 0.708. The predicted octanol–water partition coefficient (Wildman–Crippen LogP) is -0.152. The van der Waals surface area contributed by atoms with Crippen LogP contribution in [0.15, 0.2) is 29.2 Å². The minimum absolute atomic E-state index is 0.176. The first-order chi connectivity index (χ1) is 9.95. The molecule has 0 aromatic heterocycles. The third-order valence-electron chi connectivity index (χ3n) is 3.34. The van der Waals surface area contributed by atoms with Crippen molar-refractivity contribution < 1.29 is 18.3 Å². The highest BCUT2D eigenvalue weighted by atomic mass is 32.2. The van der Waals surface area contributed by atoms with E-state index in [-0.39, 0.29) is 4.90 Å². The largest absolute Gasteiger partial charge is 0.480 e. The number of rotatable bonds is 5. The van der Waals surface area contributed by atoms with Crippen molar-refractivity contribution in [3.8, 4) is 0 Å². The number of carbonyl (C=O) groups is 1. The number of hydrogen-bond acceptors (Lipinski definition) is 5. The molecule has 2 rings (SSSR count). The highest BCUT2D eigenvalue weighted by Gasteiger charge is 2.28. The number of anilines is 1. The maximum absolute atomic E-state index is 11.9. The van der Waals surface area contributed by atoms with Gasteiger partial charge in [-0.15, -0.1) is 0 Å². The fourth-order valence-electron chi connectivity index (χ4n) is 2.32. The molecule has 1 aromatic carbocycles. The Kier molecular flexibility index (Phi) is 4.81. The maximum Gasteiger partial charge on any atom is 0.327 e. The van der Waals surface area contributed by atoms with E-state index in [1.807, 2.05) is 0 Å². The first kappa shape index (κ1) is 15.7. The molecular formula is C13H19N3O4S. The van der Waals surface area contributed by atoms with Gasteiger partial charge in [0.15, 0.2) is 0 Å². The fraction of sp³-hybridized carbons (Fsp3) is 0.462. The standard InChI is InChI=1S/C13H19N3O4S/c1-2-15-21(19,20)11-5-3-10(4-6-11)16-8-7-14-9-12(16)13(17)18/h3-6,12,14-15H,2,7-9H2,1H3,(H,17,18). The second-order valence-corrected chi connectivity index (χ2v) is 6.51. The smallest absolute Gasteiger partial charge is 0.327 e. The highest BCUT2D eigenvalue weighted by Crippen LogP contribution is 2.21. The molecule has 1 aliphatic rings. The molecule has 0 amide bonds. The Hall–Kier alpha value is -1.64. The van der Waals surface area contributed by atoms with Crippen LogP contribution in [0.25, 0.3) is 0 Å². The third kappa shape index (κ3) is 3.52. The summed E-state index contributed by atoms with van der Waals surface area (Å²) in [5.74, 6) is -0.897. The molecule has 0 radical (unpaired) electrons. The first-order valence-electron chi connectivity index (χ1n) is 6.75. The van der Waals surface area contributed by atoms with Gasteiger partial charge in [-0.3, -0.25) is 0 Å². The molecule has 0 spiro atoms. The predicted molar refractivity (Wildman–Crippen MR) is 78.9 cm³/mol. The molecular weight excluding hydrogens is 294 g/mol. The molecule has 1 aliphatic heterocycles. The van der Waals surface area contributed by atoms with E-state index in [1.54, 1.807) is 24.0 Å². The van der Waals surface area contributed by atoms with Gasteiger partial charge in [0.2, 0.25) is 10.0 Å². The number of piperazine rings is 1. The molecule has 1 atom stereocenters. The Morgan fingerprint density at radius 1 is 1.43 bits per heavy atom. The Morgan fingerprint density at radius 2 is 2.10 bits per heavy atom. The van der Waals surface area contributed by atoms with Crippen LogP contribution in [0, 0.1) is 0 Å². The van der Waals surface area contributed by atoms with Gasteiger partial charge in [0.05, 0.1) is 4.90 Å². The molecule has 0 saturated carbocycles. The lowest BCUT2D eigenvalue weighted by Gasteiger charge is -2.35. The minimum atomic E-state index is -3.48. The van der Waals surface area contributed by atoms with Crippen molar-refractivity contribution in [3.63, 3.8) is 0 Å². The molecule has 1 heterocycles. The van der Waals surface area contributed by atoms with Gasteiger partial charge in [-0.25, -0.2) is 17.9 Å². The fourth-order valence-corrected chi connectivity index (χ4v) is 3.37. The second-order valence-electron chi connectivity index (χ2n) is 4.75. The van der Waals surface area contributed by atoms with Crippen molar-refractivity contribution in [2.24, 2.45) is 0 Å². The number of nitrogens with zero attached hydrogens (tertiary/aromatic N) is 1. The lowest BCUT2D eigenvalue weighted by Crippen LogP contribution is -2.55. The van der Waals surface area contributed by atoms with Crippen LogP contribution < -0.4 is 14.9 Å². The summed E-state index contributed by atoms with van der Waals surface area (Å²) < 4.78 is 26.1. The zero-order valence-corrected chi connectivity index (χ0v) is 12.6. The van der Waals surface area contributed by atoms with Gasteiger partial charge in [0.1, 0.15) is 6.04 Å². The van der Waals surface area contributed by atoms with E-state index in [4.69, 9.17) is 0 Å². The van der Waals surface area contributed by atoms with Gasteiger partial charge in [0.25, 0.3) is 0 Å². The number of carboxylic acid groups (broad SMARTS) is 1. The Balaban J connectivity index is 2.24. The first-order valence-corrected chi connectivity index (χ1v) is 8.24. The Bertz CT molecular complexity index is 600. The van der Waals surface area contributed by atoms with Gasteiger partial charge in [0, 0.05) is 31.9 Å². The Morgan fingerprint density at radius 3 is 2.67 bits per heavy atom. The zero-order valence-electron chi connectivity index (χ0n) is 11.7. The summed E-state index contributed by atoms with van der Waals surface area (Å²) in [6, 6.07) is 5.63. The van der Waals surface area contributed by atoms with Gasteiger partial charge in [-0.05, 0) is 24.3 Å². The van der Waals surface area contributed by atoms with Crippen LogP contribution >= 0.6 is 0 Å². The normalized spacial score (nSPS) is 19.5. The number of benzene rings is 1. The van der Waals surface area contributed by atoms with E-state index in [0.717, 1.165) is 0 Å². The van der Waals surface area contributed by atoms with E-state index in [0.29, 0.717) is 31.9 Å². The Labute approximate surface area is 124 Å². The molecule has 0 bridgehead atoms. The summed E-state index contributed by atoms with van der Waals surface area (Å²) in [4.78, 5) is 13.2. The van der Waals surface area contributed by atoms with Crippen molar-refractivity contribution in [1.29, 1.82) is 0 Å². The lowest BCUT2D eigenvalue weighted by atomic mass is 10.1. The van der Waals surface area contributed by atoms with Crippen molar-refractivity contribution in [3.05, 3.63) is 24.3 Å². The number of aliphatic carboxylic acids is 1. The van der Waals surface area contributed by atoms with Crippen molar-refractivity contribution in [2.45, 2.75) is 17.9 Å². The van der Waals surface area contributed by atoms with Crippen LogP contribution in [0.5, 0.6) is 0 Å². The second kappa shape index (κ2) is 6.42. The number of carboxylic acids is 1. The van der Waals surface area contributed by atoms with Crippen LogP contribution in [0.2, 0.25) is 0 Å². The zero-order chi connectivity index (χ0) is 15.5. The van der Waals surface area contributed by atoms with Crippen molar-refractivity contribution >= 4 is 21.7 Å². The molecule has 3 N–H and O–H groups in total. The molecule has 21 heavy (non-hydrogen) atoms. The van der Waals surface area contributed by atoms with Gasteiger partial charge in [-0.2, -0.15) is 0 Å². The monoisotopic (exact) mass is 313 g/mol. The van der Waals surface area contributed by atoms with Crippen LogP contribution in [0.4, 0.5) is 5.69 Å². The maximum atomic E-state index is 11.9. The highest BCUT2D eigenvalue weighted by molar-refractivity contribution is 7.89. The van der Waals surface area contributed by atoms with Crippen molar-refractivity contribution in [2.75, 3.05) is 31.1 Å². The van der Waals surface area contributed by atoms with E-state index in [1.165, 1.54) is 12.1 Å². The molecule has 116 valence electrons. The lowest BCUT2D eigenvalue weighted by molar-refractivity contribution is -0.138. The molecule has 0 aliphatic carbocycles. The summed E-state index contributed by atoms with van der Waals surface area (Å²) in [6.07, 6.45) is 0. The summed E-state index contributed by atoms with van der Waals surface area (Å²) >= 11 is 0. The molecule has 1 aromatic rings. The SMILES string of the molecule is CCNS(=O)(=O)c1ccc(N2CCNCC2C(=O)O)cc1. The molecule has 1 unspecified atom stereocenters.